The van der Waals surface area contributed by atoms with E-state index in [0.717, 1.165) is 11.3 Å². The first-order chi connectivity index (χ1) is 9.81. The van der Waals surface area contributed by atoms with Crippen LogP contribution in [0.15, 0.2) is 22.6 Å². The SMILES string of the molecule is Cc1oc(C)c(C(=O)Nc2cc(C(N)=S)ccc2Cl)c1C. The van der Waals surface area contributed by atoms with E-state index in [1.165, 1.54) is 0 Å². The van der Waals surface area contributed by atoms with Gasteiger partial charge in [0.15, 0.2) is 0 Å². The van der Waals surface area contributed by atoms with Crippen molar-refractivity contribution in [2.24, 2.45) is 5.73 Å². The van der Waals surface area contributed by atoms with Gasteiger partial charge in [-0.25, -0.2) is 0 Å². The number of hydrogen-bond acceptors (Lipinski definition) is 3. The third-order valence-electron chi connectivity index (χ3n) is 3.29. The monoisotopic (exact) mass is 322 g/mol. The second kappa shape index (κ2) is 5.87. The summed E-state index contributed by atoms with van der Waals surface area (Å²) in [7, 11) is 0. The van der Waals surface area contributed by atoms with Gasteiger partial charge in [0.05, 0.1) is 16.3 Å². The zero-order chi connectivity index (χ0) is 15.7. The molecule has 0 unspecified atom stereocenters. The number of furan rings is 1. The zero-order valence-corrected chi connectivity index (χ0v) is 13.5. The van der Waals surface area contributed by atoms with Crippen molar-refractivity contribution in [2.45, 2.75) is 20.8 Å². The normalized spacial score (nSPS) is 10.5. The van der Waals surface area contributed by atoms with Gasteiger partial charge in [0, 0.05) is 11.1 Å². The van der Waals surface area contributed by atoms with Crippen molar-refractivity contribution in [3.8, 4) is 0 Å². The molecule has 0 aliphatic rings. The Hall–Kier alpha value is -1.85. The van der Waals surface area contributed by atoms with E-state index in [1.807, 2.05) is 13.8 Å². The fourth-order valence-electron chi connectivity index (χ4n) is 2.09. The number of nitrogens with two attached hydrogens (primary N) is 1. The summed E-state index contributed by atoms with van der Waals surface area (Å²) in [5.41, 5.74) is 8.02. The van der Waals surface area contributed by atoms with Gasteiger partial charge < -0.3 is 15.5 Å². The molecular weight excluding hydrogens is 308 g/mol. The molecule has 6 heteroatoms. The second-order valence-electron chi connectivity index (χ2n) is 4.73. The molecule has 0 aliphatic heterocycles. The number of amides is 1. The van der Waals surface area contributed by atoms with Crippen LogP contribution < -0.4 is 11.1 Å². The van der Waals surface area contributed by atoms with Crippen molar-refractivity contribution < 1.29 is 9.21 Å². The molecule has 0 fully saturated rings. The van der Waals surface area contributed by atoms with Crippen LogP contribution in [0.3, 0.4) is 0 Å². The molecule has 3 N–H and O–H groups in total. The van der Waals surface area contributed by atoms with Crippen LogP contribution in [0.4, 0.5) is 5.69 Å². The third-order valence-corrected chi connectivity index (χ3v) is 3.85. The number of benzene rings is 1. The molecule has 21 heavy (non-hydrogen) atoms. The molecule has 1 aromatic carbocycles. The van der Waals surface area contributed by atoms with Gasteiger partial charge >= 0.3 is 0 Å². The quantitative estimate of drug-likeness (QED) is 0.845. The van der Waals surface area contributed by atoms with Crippen LogP contribution in [0.1, 0.15) is 33.0 Å². The number of aryl methyl sites for hydroxylation is 2. The average Bonchev–Trinajstić information content (AvgIpc) is 2.65. The van der Waals surface area contributed by atoms with Gasteiger partial charge in [-0.1, -0.05) is 29.9 Å². The third kappa shape index (κ3) is 3.09. The number of hydrogen-bond donors (Lipinski definition) is 2. The van der Waals surface area contributed by atoms with E-state index in [4.69, 9.17) is 34.0 Å². The highest BCUT2D eigenvalue weighted by Crippen LogP contribution is 2.26. The van der Waals surface area contributed by atoms with Gasteiger partial charge in [-0.2, -0.15) is 0 Å². The van der Waals surface area contributed by atoms with E-state index in [-0.39, 0.29) is 10.9 Å². The fraction of sp³-hybridized carbons (Fsp3) is 0.200. The maximum Gasteiger partial charge on any atom is 0.259 e. The van der Waals surface area contributed by atoms with E-state index in [2.05, 4.69) is 5.32 Å². The highest BCUT2D eigenvalue weighted by atomic mass is 35.5. The summed E-state index contributed by atoms with van der Waals surface area (Å²) in [5, 5.41) is 3.19. The number of carbonyl (C=O) groups excluding carboxylic acids is 1. The smallest absolute Gasteiger partial charge is 0.259 e. The molecule has 4 nitrogen and oxygen atoms in total. The summed E-state index contributed by atoms with van der Waals surface area (Å²) in [6.45, 7) is 5.41. The van der Waals surface area contributed by atoms with Crippen molar-refractivity contribution >= 4 is 40.4 Å². The van der Waals surface area contributed by atoms with E-state index in [0.29, 0.717) is 27.6 Å². The molecule has 0 saturated heterocycles. The molecule has 1 aromatic heterocycles. The minimum absolute atomic E-state index is 0.244. The molecule has 1 heterocycles. The molecule has 0 radical (unpaired) electrons. The molecule has 2 rings (SSSR count). The van der Waals surface area contributed by atoms with Crippen molar-refractivity contribution in [3.05, 3.63) is 51.4 Å². The van der Waals surface area contributed by atoms with Gasteiger partial charge in [0.1, 0.15) is 16.5 Å². The summed E-state index contributed by atoms with van der Waals surface area (Å²) >= 11 is 11.0. The standard InChI is InChI=1S/C15H15ClN2O2S/c1-7-8(2)20-9(3)13(7)15(19)18-12-6-10(14(17)21)4-5-11(12)16/h4-6H,1-3H3,(H2,17,21)(H,18,19). The van der Waals surface area contributed by atoms with Crippen molar-refractivity contribution in [2.75, 3.05) is 5.32 Å². The molecular formula is C15H15ClN2O2S. The molecule has 0 spiro atoms. The lowest BCUT2D eigenvalue weighted by Gasteiger charge is -2.09. The molecule has 0 saturated carbocycles. The Morgan fingerprint density at radius 2 is 1.95 bits per heavy atom. The first-order valence-corrected chi connectivity index (χ1v) is 7.07. The zero-order valence-electron chi connectivity index (χ0n) is 11.9. The Labute approximate surface area is 133 Å². The predicted molar refractivity (Wildman–Crippen MR) is 88.2 cm³/mol. The fourth-order valence-corrected chi connectivity index (χ4v) is 2.38. The van der Waals surface area contributed by atoms with E-state index < -0.39 is 0 Å². The van der Waals surface area contributed by atoms with Crippen molar-refractivity contribution in [1.82, 2.24) is 0 Å². The Kier molecular flexibility index (Phi) is 4.34. The number of halogens is 1. The number of anilines is 1. The first kappa shape index (κ1) is 15.5. The van der Waals surface area contributed by atoms with E-state index >= 15 is 0 Å². The van der Waals surface area contributed by atoms with Crippen LogP contribution >= 0.6 is 23.8 Å². The maximum atomic E-state index is 12.4. The van der Waals surface area contributed by atoms with Crippen LogP contribution in [0, 0.1) is 20.8 Å². The predicted octanol–water partition coefficient (Wildman–Crippen LogP) is 3.74. The Morgan fingerprint density at radius 3 is 2.48 bits per heavy atom. The first-order valence-electron chi connectivity index (χ1n) is 6.28. The Balaban J connectivity index is 2.35. The summed E-state index contributed by atoms with van der Waals surface area (Å²) in [4.78, 5) is 12.7. The minimum Gasteiger partial charge on any atom is -0.466 e. The number of thiocarbonyl (C=S) groups is 1. The summed E-state index contributed by atoms with van der Waals surface area (Å²) in [6.07, 6.45) is 0. The van der Waals surface area contributed by atoms with E-state index in [1.54, 1.807) is 25.1 Å². The van der Waals surface area contributed by atoms with Gasteiger partial charge in [0.2, 0.25) is 0 Å². The number of carbonyl (C=O) groups is 1. The Bertz CT molecular complexity index is 738. The van der Waals surface area contributed by atoms with Gasteiger partial charge in [0.25, 0.3) is 5.91 Å². The Morgan fingerprint density at radius 1 is 1.29 bits per heavy atom. The highest BCUT2D eigenvalue weighted by molar-refractivity contribution is 7.80. The topological polar surface area (TPSA) is 68.3 Å². The molecule has 110 valence electrons. The minimum atomic E-state index is -0.274. The van der Waals surface area contributed by atoms with E-state index in [9.17, 15) is 4.79 Å². The van der Waals surface area contributed by atoms with Gasteiger partial charge in [-0.15, -0.1) is 0 Å². The lowest BCUT2D eigenvalue weighted by Crippen LogP contribution is -2.15. The second-order valence-corrected chi connectivity index (χ2v) is 5.57. The van der Waals surface area contributed by atoms with Crippen molar-refractivity contribution in [1.29, 1.82) is 0 Å². The lowest BCUT2D eigenvalue weighted by molar-refractivity contribution is 0.102. The number of nitrogens with one attached hydrogen (secondary N) is 1. The van der Waals surface area contributed by atoms with Crippen LogP contribution in [0.25, 0.3) is 0 Å². The molecule has 0 atom stereocenters. The van der Waals surface area contributed by atoms with Crippen LogP contribution in [-0.2, 0) is 0 Å². The largest absolute Gasteiger partial charge is 0.466 e. The summed E-state index contributed by atoms with van der Waals surface area (Å²) in [6, 6.07) is 5.00. The van der Waals surface area contributed by atoms with Crippen LogP contribution in [-0.4, -0.2) is 10.9 Å². The number of rotatable bonds is 3. The van der Waals surface area contributed by atoms with Crippen molar-refractivity contribution in [3.63, 3.8) is 0 Å². The molecule has 0 bridgehead atoms. The lowest BCUT2D eigenvalue weighted by atomic mass is 10.1. The highest BCUT2D eigenvalue weighted by Gasteiger charge is 2.19. The van der Waals surface area contributed by atoms with Gasteiger partial charge in [-0.3, -0.25) is 4.79 Å². The molecule has 1 amide bonds. The summed E-state index contributed by atoms with van der Waals surface area (Å²) < 4.78 is 5.46. The van der Waals surface area contributed by atoms with Crippen LogP contribution in [0.5, 0.6) is 0 Å². The van der Waals surface area contributed by atoms with Crippen LogP contribution in [0.2, 0.25) is 5.02 Å². The molecule has 2 aromatic rings. The maximum absolute atomic E-state index is 12.4. The molecule has 0 aliphatic carbocycles. The summed E-state index contributed by atoms with van der Waals surface area (Å²) in [5.74, 6) is 1.02. The van der Waals surface area contributed by atoms with Gasteiger partial charge in [-0.05, 0) is 32.9 Å². The average molecular weight is 323 g/mol.